The molecule has 1 unspecified atom stereocenters. The number of hydrogen-bond acceptors (Lipinski definition) is 4. The molecular formula is C20H27N3O2S. The normalized spacial score (nSPS) is 16.2. The number of carbonyl (C=O) groups excluding carboxylic acids is 1. The maximum Gasteiger partial charge on any atom is 0.233 e. The molecule has 1 aliphatic rings. The lowest BCUT2D eigenvalue weighted by atomic mass is 9.89. The first-order chi connectivity index (χ1) is 12.7. The van der Waals surface area contributed by atoms with Crippen molar-refractivity contribution < 1.29 is 9.53 Å². The number of rotatable bonds is 7. The van der Waals surface area contributed by atoms with E-state index in [9.17, 15) is 4.79 Å². The summed E-state index contributed by atoms with van der Waals surface area (Å²) in [5.74, 6) is 1.55. The van der Waals surface area contributed by atoms with Gasteiger partial charge in [-0.05, 0) is 49.9 Å². The lowest BCUT2D eigenvalue weighted by Crippen LogP contribution is -2.35. The Morgan fingerprint density at radius 2 is 2.04 bits per heavy atom. The standard InChI is InChI=1S/C20H27N3O2S/c1-15(19(24)22-14-16-6-4-3-5-7-16)26-20-21-12-13-23(20)17-8-10-18(25-2)11-9-17/h8-13,15-16H,3-7,14H2,1-2H3,(H,22,24). The molecule has 0 aliphatic heterocycles. The van der Waals surface area contributed by atoms with Gasteiger partial charge in [0.1, 0.15) is 5.75 Å². The molecule has 2 aromatic rings. The van der Waals surface area contributed by atoms with E-state index in [0.29, 0.717) is 5.92 Å². The molecule has 0 spiro atoms. The molecule has 3 rings (SSSR count). The minimum Gasteiger partial charge on any atom is -0.497 e. The number of nitrogens with zero attached hydrogens (tertiary/aromatic N) is 2. The van der Waals surface area contributed by atoms with Crippen LogP contribution < -0.4 is 10.1 Å². The smallest absolute Gasteiger partial charge is 0.233 e. The summed E-state index contributed by atoms with van der Waals surface area (Å²) >= 11 is 1.48. The molecule has 0 radical (unpaired) electrons. The van der Waals surface area contributed by atoms with Crippen LogP contribution in [0.2, 0.25) is 0 Å². The molecule has 1 N–H and O–H groups in total. The van der Waals surface area contributed by atoms with Crippen LogP contribution in [0.15, 0.2) is 41.8 Å². The Morgan fingerprint density at radius 3 is 2.73 bits per heavy atom. The number of ether oxygens (including phenoxy) is 1. The van der Waals surface area contributed by atoms with Crippen LogP contribution in [0.1, 0.15) is 39.0 Å². The molecule has 1 saturated carbocycles. The monoisotopic (exact) mass is 373 g/mol. The Kier molecular flexibility index (Phi) is 6.61. The van der Waals surface area contributed by atoms with E-state index in [1.165, 1.54) is 43.9 Å². The fourth-order valence-corrected chi connectivity index (χ4v) is 4.22. The van der Waals surface area contributed by atoms with Crippen molar-refractivity contribution >= 4 is 17.7 Å². The molecular weight excluding hydrogens is 346 g/mol. The fraction of sp³-hybridized carbons (Fsp3) is 0.500. The number of benzene rings is 1. The van der Waals surface area contributed by atoms with E-state index in [-0.39, 0.29) is 11.2 Å². The van der Waals surface area contributed by atoms with Crippen molar-refractivity contribution in [3.8, 4) is 11.4 Å². The Morgan fingerprint density at radius 1 is 1.31 bits per heavy atom. The third-order valence-corrected chi connectivity index (χ3v) is 5.98. The highest BCUT2D eigenvalue weighted by Gasteiger charge is 2.20. The number of nitrogens with one attached hydrogen (secondary N) is 1. The molecule has 1 aromatic heterocycles. The van der Waals surface area contributed by atoms with Gasteiger partial charge in [-0.3, -0.25) is 9.36 Å². The number of thioether (sulfide) groups is 1. The molecule has 1 atom stereocenters. The molecule has 0 saturated heterocycles. The Labute approximate surface area is 159 Å². The summed E-state index contributed by atoms with van der Waals surface area (Å²) in [7, 11) is 1.65. The van der Waals surface area contributed by atoms with Gasteiger partial charge < -0.3 is 10.1 Å². The highest BCUT2D eigenvalue weighted by atomic mass is 32.2. The van der Waals surface area contributed by atoms with Crippen molar-refractivity contribution in [1.82, 2.24) is 14.9 Å². The van der Waals surface area contributed by atoms with Gasteiger partial charge in [0.15, 0.2) is 5.16 Å². The van der Waals surface area contributed by atoms with Crippen LogP contribution >= 0.6 is 11.8 Å². The SMILES string of the molecule is COc1ccc(-n2ccnc2SC(C)C(=O)NCC2CCCCC2)cc1. The summed E-state index contributed by atoms with van der Waals surface area (Å²) in [5, 5.41) is 3.76. The summed E-state index contributed by atoms with van der Waals surface area (Å²) in [6.07, 6.45) is 10.1. The molecule has 1 aromatic carbocycles. The maximum absolute atomic E-state index is 12.5. The first kappa shape index (κ1) is 18.8. The van der Waals surface area contributed by atoms with Crippen LogP contribution in [0.4, 0.5) is 0 Å². The zero-order valence-electron chi connectivity index (χ0n) is 15.5. The molecule has 1 fully saturated rings. The molecule has 26 heavy (non-hydrogen) atoms. The summed E-state index contributed by atoms with van der Waals surface area (Å²) in [6, 6.07) is 7.81. The third-order valence-electron chi connectivity index (χ3n) is 4.90. The highest BCUT2D eigenvalue weighted by molar-refractivity contribution is 8.00. The van der Waals surface area contributed by atoms with Gasteiger partial charge in [0.25, 0.3) is 0 Å². The lowest BCUT2D eigenvalue weighted by Gasteiger charge is -2.22. The first-order valence-corrected chi connectivity index (χ1v) is 10.2. The molecule has 6 heteroatoms. The Bertz CT molecular complexity index is 708. The number of imidazole rings is 1. The quantitative estimate of drug-likeness (QED) is 0.744. The van der Waals surface area contributed by atoms with Gasteiger partial charge in [0.2, 0.25) is 5.91 Å². The fourth-order valence-electron chi connectivity index (χ4n) is 3.31. The Hall–Kier alpha value is -1.95. The largest absolute Gasteiger partial charge is 0.497 e. The van der Waals surface area contributed by atoms with Gasteiger partial charge in [0, 0.05) is 24.6 Å². The topological polar surface area (TPSA) is 56.2 Å². The van der Waals surface area contributed by atoms with Crippen LogP contribution in [0, 0.1) is 5.92 Å². The zero-order valence-corrected chi connectivity index (χ0v) is 16.3. The molecule has 1 amide bonds. The molecule has 5 nitrogen and oxygen atoms in total. The third kappa shape index (κ3) is 4.81. The van der Waals surface area contributed by atoms with Crippen LogP contribution in [0.25, 0.3) is 5.69 Å². The lowest BCUT2D eigenvalue weighted by molar-refractivity contribution is -0.120. The van der Waals surface area contributed by atoms with E-state index in [4.69, 9.17) is 4.74 Å². The maximum atomic E-state index is 12.5. The Balaban J connectivity index is 1.57. The van der Waals surface area contributed by atoms with Crippen molar-refractivity contribution in [3.63, 3.8) is 0 Å². The molecule has 0 bridgehead atoms. The second-order valence-electron chi connectivity index (χ2n) is 6.79. The van der Waals surface area contributed by atoms with E-state index >= 15 is 0 Å². The number of aromatic nitrogens is 2. The second-order valence-corrected chi connectivity index (χ2v) is 8.10. The number of amides is 1. The molecule has 1 aliphatic carbocycles. The van der Waals surface area contributed by atoms with Gasteiger partial charge in [0.05, 0.1) is 12.4 Å². The second kappa shape index (κ2) is 9.12. The molecule has 1 heterocycles. The first-order valence-electron chi connectivity index (χ1n) is 9.29. The van der Waals surface area contributed by atoms with Crippen molar-refractivity contribution in [1.29, 1.82) is 0 Å². The summed E-state index contributed by atoms with van der Waals surface area (Å²) in [6.45, 7) is 2.74. The van der Waals surface area contributed by atoms with E-state index in [2.05, 4.69) is 10.3 Å². The van der Waals surface area contributed by atoms with Gasteiger partial charge in [-0.25, -0.2) is 4.98 Å². The predicted molar refractivity (Wildman–Crippen MR) is 105 cm³/mol. The number of methoxy groups -OCH3 is 1. The van der Waals surface area contributed by atoms with Gasteiger partial charge in [-0.1, -0.05) is 31.0 Å². The zero-order chi connectivity index (χ0) is 18.4. The van der Waals surface area contributed by atoms with Crippen molar-refractivity contribution in [3.05, 3.63) is 36.7 Å². The van der Waals surface area contributed by atoms with E-state index < -0.39 is 0 Å². The highest BCUT2D eigenvalue weighted by Crippen LogP contribution is 2.26. The van der Waals surface area contributed by atoms with Crippen molar-refractivity contribution in [2.75, 3.05) is 13.7 Å². The average molecular weight is 374 g/mol. The summed E-state index contributed by atoms with van der Waals surface area (Å²) in [5.41, 5.74) is 1.00. The van der Waals surface area contributed by atoms with Gasteiger partial charge in [-0.2, -0.15) is 0 Å². The summed E-state index contributed by atoms with van der Waals surface area (Å²) in [4.78, 5) is 16.9. The van der Waals surface area contributed by atoms with Crippen LogP contribution in [-0.4, -0.2) is 34.4 Å². The van der Waals surface area contributed by atoms with E-state index in [0.717, 1.165) is 23.1 Å². The van der Waals surface area contributed by atoms with Crippen molar-refractivity contribution in [2.24, 2.45) is 5.92 Å². The van der Waals surface area contributed by atoms with Crippen LogP contribution in [-0.2, 0) is 4.79 Å². The van der Waals surface area contributed by atoms with E-state index in [1.54, 1.807) is 13.3 Å². The average Bonchev–Trinajstić information content (AvgIpc) is 3.15. The van der Waals surface area contributed by atoms with Crippen LogP contribution in [0.3, 0.4) is 0 Å². The number of hydrogen-bond donors (Lipinski definition) is 1. The molecule has 140 valence electrons. The summed E-state index contributed by atoms with van der Waals surface area (Å²) < 4.78 is 7.20. The number of carbonyl (C=O) groups is 1. The van der Waals surface area contributed by atoms with Crippen molar-refractivity contribution in [2.45, 2.75) is 49.4 Å². The van der Waals surface area contributed by atoms with Gasteiger partial charge >= 0.3 is 0 Å². The predicted octanol–water partition coefficient (Wildman–Crippen LogP) is 4.06. The van der Waals surface area contributed by atoms with Crippen LogP contribution in [0.5, 0.6) is 5.75 Å². The minimum absolute atomic E-state index is 0.0878. The van der Waals surface area contributed by atoms with Gasteiger partial charge in [-0.15, -0.1) is 0 Å². The van der Waals surface area contributed by atoms with E-state index in [1.807, 2.05) is 42.0 Å². The minimum atomic E-state index is -0.182.